The predicted molar refractivity (Wildman–Crippen MR) is 98.6 cm³/mol. The summed E-state index contributed by atoms with van der Waals surface area (Å²) >= 11 is 3.43. The number of methoxy groups -OCH3 is 1. The Morgan fingerprint density at radius 3 is 2.64 bits per heavy atom. The fraction of sp³-hybridized carbons (Fsp3) is 0.0526. The van der Waals surface area contributed by atoms with Gasteiger partial charge in [0.25, 0.3) is 11.8 Å². The highest BCUT2D eigenvalue weighted by Crippen LogP contribution is 2.38. The van der Waals surface area contributed by atoms with Gasteiger partial charge in [-0.15, -0.1) is 10.2 Å². The Morgan fingerprint density at radius 2 is 1.80 bits per heavy atom. The largest absolute Gasteiger partial charge is 0.507 e. The van der Waals surface area contributed by atoms with Gasteiger partial charge in [-0.05, 0) is 35.0 Å². The quantitative estimate of drug-likeness (QED) is 0.525. The van der Waals surface area contributed by atoms with Crippen LogP contribution in [0, 0.1) is 0 Å². The molecule has 0 amide bonds. The maximum atomic E-state index is 10.3. The smallest absolute Gasteiger partial charge is 0.252 e. The van der Waals surface area contributed by atoms with Crippen molar-refractivity contribution < 1.29 is 14.3 Å². The van der Waals surface area contributed by atoms with Gasteiger partial charge in [-0.2, -0.15) is 0 Å². The van der Waals surface area contributed by atoms with E-state index in [0.717, 1.165) is 15.2 Å². The summed E-state index contributed by atoms with van der Waals surface area (Å²) in [5.41, 5.74) is 1.20. The third-order valence-electron chi connectivity index (χ3n) is 3.94. The number of phenols is 1. The maximum absolute atomic E-state index is 10.3. The van der Waals surface area contributed by atoms with Crippen LogP contribution in [0.2, 0.25) is 0 Å². The van der Waals surface area contributed by atoms with Crippen molar-refractivity contribution in [2.24, 2.45) is 0 Å². The molecule has 1 N–H and O–H groups in total. The molecule has 0 saturated heterocycles. The summed E-state index contributed by atoms with van der Waals surface area (Å²) in [6.07, 6.45) is 0. The first-order valence-electron chi connectivity index (χ1n) is 7.56. The normalized spacial score (nSPS) is 11.0. The summed E-state index contributed by atoms with van der Waals surface area (Å²) in [7, 11) is 1.58. The molecule has 4 rings (SSSR count). The lowest BCUT2D eigenvalue weighted by Gasteiger charge is -2.06. The van der Waals surface area contributed by atoms with Crippen molar-refractivity contribution in [3.8, 4) is 34.4 Å². The number of phenolic OH excluding ortho intramolecular Hbond substituents is 1. The van der Waals surface area contributed by atoms with Gasteiger partial charge >= 0.3 is 0 Å². The van der Waals surface area contributed by atoms with Crippen molar-refractivity contribution >= 4 is 26.7 Å². The second-order valence-corrected chi connectivity index (χ2v) is 6.35. The van der Waals surface area contributed by atoms with Gasteiger partial charge in [0.1, 0.15) is 11.5 Å². The zero-order chi connectivity index (χ0) is 17.4. The molecule has 0 atom stereocenters. The van der Waals surface area contributed by atoms with Crippen molar-refractivity contribution in [2.45, 2.75) is 0 Å². The number of ether oxygens (including phenoxy) is 1. The van der Waals surface area contributed by atoms with Gasteiger partial charge in [-0.1, -0.05) is 46.3 Å². The molecule has 1 heterocycles. The molecule has 1 aromatic heterocycles. The number of halogens is 1. The van der Waals surface area contributed by atoms with E-state index in [1.165, 1.54) is 0 Å². The molecule has 0 spiro atoms. The molecule has 0 saturated carbocycles. The zero-order valence-electron chi connectivity index (χ0n) is 13.2. The first-order chi connectivity index (χ1) is 12.2. The van der Waals surface area contributed by atoms with Crippen molar-refractivity contribution in [1.29, 1.82) is 0 Å². The third-order valence-corrected chi connectivity index (χ3v) is 4.43. The Labute approximate surface area is 152 Å². The zero-order valence-corrected chi connectivity index (χ0v) is 14.8. The van der Waals surface area contributed by atoms with E-state index in [9.17, 15) is 5.11 Å². The minimum atomic E-state index is 0.0927. The van der Waals surface area contributed by atoms with Gasteiger partial charge in [-0.25, -0.2) is 0 Å². The summed E-state index contributed by atoms with van der Waals surface area (Å²) < 4.78 is 12.1. The van der Waals surface area contributed by atoms with Crippen LogP contribution in [0.1, 0.15) is 0 Å². The van der Waals surface area contributed by atoms with Gasteiger partial charge in [0.15, 0.2) is 0 Å². The molecule has 0 bridgehead atoms. The minimum Gasteiger partial charge on any atom is -0.507 e. The molecule has 0 radical (unpaired) electrons. The molecule has 0 aliphatic rings. The van der Waals surface area contributed by atoms with Crippen LogP contribution in [0.15, 0.2) is 63.5 Å². The standard InChI is InChI=1S/C19H13BrN2O3/c1-24-16-9-7-12(20)10-14(16)18-21-22-19(25-18)17-13-5-3-2-4-11(13)6-8-15(17)23/h2-10,23H,1H3. The monoisotopic (exact) mass is 396 g/mol. The second kappa shape index (κ2) is 6.22. The average molecular weight is 397 g/mol. The van der Waals surface area contributed by atoms with Crippen molar-refractivity contribution in [3.05, 3.63) is 59.1 Å². The lowest BCUT2D eigenvalue weighted by molar-refractivity contribution is 0.414. The lowest BCUT2D eigenvalue weighted by atomic mass is 10.0. The fourth-order valence-electron chi connectivity index (χ4n) is 2.77. The highest BCUT2D eigenvalue weighted by Gasteiger charge is 2.19. The van der Waals surface area contributed by atoms with E-state index in [-0.39, 0.29) is 11.6 Å². The molecule has 3 aromatic carbocycles. The number of nitrogens with zero attached hydrogens (tertiary/aromatic N) is 2. The molecular weight excluding hydrogens is 384 g/mol. The topological polar surface area (TPSA) is 68.4 Å². The molecule has 5 nitrogen and oxygen atoms in total. The number of aromatic nitrogens is 2. The van der Waals surface area contributed by atoms with E-state index >= 15 is 0 Å². The van der Waals surface area contributed by atoms with Gasteiger partial charge in [0.05, 0.1) is 18.2 Å². The van der Waals surface area contributed by atoms with E-state index in [4.69, 9.17) is 9.15 Å². The van der Waals surface area contributed by atoms with Gasteiger partial charge in [0, 0.05) is 4.47 Å². The molecule has 0 unspecified atom stereocenters. The van der Waals surface area contributed by atoms with Crippen LogP contribution >= 0.6 is 15.9 Å². The minimum absolute atomic E-state index is 0.0927. The summed E-state index contributed by atoms with van der Waals surface area (Å²) in [5.74, 6) is 1.29. The first kappa shape index (κ1) is 15.7. The number of rotatable bonds is 3. The third kappa shape index (κ3) is 2.74. The second-order valence-electron chi connectivity index (χ2n) is 5.44. The predicted octanol–water partition coefficient (Wildman–Crippen LogP) is 5.03. The Kier molecular flexibility index (Phi) is 3.89. The molecule has 6 heteroatoms. The number of hydrogen-bond donors (Lipinski definition) is 1. The van der Waals surface area contributed by atoms with E-state index in [0.29, 0.717) is 22.8 Å². The number of aromatic hydroxyl groups is 1. The first-order valence-corrected chi connectivity index (χ1v) is 8.35. The van der Waals surface area contributed by atoms with Crippen LogP contribution in [0.25, 0.3) is 33.7 Å². The molecule has 0 fully saturated rings. The Balaban J connectivity index is 1.89. The molecular formula is C19H13BrN2O3. The van der Waals surface area contributed by atoms with E-state index in [1.54, 1.807) is 13.2 Å². The van der Waals surface area contributed by atoms with Crippen molar-refractivity contribution in [1.82, 2.24) is 10.2 Å². The highest BCUT2D eigenvalue weighted by atomic mass is 79.9. The Hall–Kier alpha value is -2.86. The Bertz CT molecular complexity index is 1080. The van der Waals surface area contributed by atoms with Crippen LogP contribution in [0.5, 0.6) is 11.5 Å². The summed E-state index contributed by atoms with van der Waals surface area (Å²) in [6.45, 7) is 0. The van der Waals surface area contributed by atoms with Crippen molar-refractivity contribution in [2.75, 3.05) is 7.11 Å². The lowest BCUT2D eigenvalue weighted by Crippen LogP contribution is -1.88. The average Bonchev–Trinajstić information content (AvgIpc) is 3.11. The van der Waals surface area contributed by atoms with Gasteiger partial charge in [-0.3, -0.25) is 0 Å². The fourth-order valence-corrected chi connectivity index (χ4v) is 3.13. The van der Waals surface area contributed by atoms with Crippen LogP contribution < -0.4 is 4.74 Å². The van der Waals surface area contributed by atoms with Crippen LogP contribution in [-0.2, 0) is 0 Å². The van der Waals surface area contributed by atoms with E-state index in [1.807, 2.05) is 48.5 Å². The van der Waals surface area contributed by atoms with Crippen LogP contribution in [0.3, 0.4) is 0 Å². The summed E-state index contributed by atoms with van der Waals surface area (Å²) in [4.78, 5) is 0. The number of hydrogen-bond acceptors (Lipinski definition) is 5. The number of benzene rings is 3. The summed E-state index contributed by atoms with van der Waals surface area (Å²) in [6, 6.07) is 16.7. The molecule has 4 aromatic rings. The van der Waals surface area contributed by atoms with Crippen LogP contribution in [0.4, 0.5) is 0 Å². The molecule has 0 aliphatic heterocycles. The maximum Gasteiger partial charge on any atom is 0.252 e. The van der Waals surface area contributed by atoms with E-state index in [2.05, 4.69) is 26.1 Å². The number of fused-ring (bicyclic) bond motifs is 1. The highest BCUT2D eigenvalue weighted by molar-refractivity contribution is 9.10. The van der Waals surface area contributed by atoms with Gasteiger partial charge in [0.2, 0.25) is 0 Å². The van der Waals surface area contributed by atoms with Gasteiger partial charge < -0.3 is 14.3 Å². The molecule has 25 heavy (non-hydrogen) atoms. The Morgan fingerprint density at radius 1 is 1.00 bits per heavy atom. The summed E-state index contributed by atoms with van der Waals surface area (Å²) in [5, 5.41) is 20.4. The molecule has 0 aliphatic carbocycles. The van der Waals surface area contributed by atoms with Crippen LogP contribution in [-0.4, -0.2) is 22.4 Å². The molecule has 124 valence electrons. The van der Waals surface area contributed by atoms with E-state index < -0.39 is 0 Å². The SMILES string of the molecule is COc1ccc(Br)cc1-c1nnc(-c2c(O)ccc3ccccc23)o1. The van der Waals surface area contributed by atoms with Crippen molar-refractivity contribution in [3.63, 3.8) is 0 Å².